The molecule has 2 aliphatic rings. The maximum Gasteiger partial charge on any atom is 0.414 e. The van der Waals surface area contributed by atoms with Crippen molar-refractivity contribution in [1.29, 1.82) is 0 Å². The zero-order valence-corrected chi connectivity index (χ0v) is 45.0. The summed E-state index contributed by atoms with van der Waals surface area (Å²) in [5, 5.41) is 14.8. The van der Waals surface area contributed by atoms with Gasteiger partial charge in [-0.05, 0) is 172 Å². The molecule has 0 spiro atoms. The van der Waals surface area contributed by atoms with Crippen molar-refractivity contribution < 1.29 is 47.5 Å². The summed E-state index contributed by atoms with van der Waals surface area (Å²) in [6.45, 7) is 7.92. The van der Waals surface area contributed by atoms with Crippen LogP contribution in [0.3, 0.4) is 0 Å². The molecule has 0 atom stereocenters. The molecule has 10 rings (SSSR count). The van der Waals surface area contributed by atoms with Crippen LogP contribution >= 0.6 is 0 Å². The second kappa shape index (κ2) is 27.5. The number of fused-ring (bicyclic) bond motifs is 2. The third kappa shape index (κ3) is 15.7. The monoisotopic (exact) mass is 1060 g/mol. The van der Waals surface area contributed by atoms with E-state index in [4.69, 9.17) is 48.7 Å². The van der Waals surface area contributed by atoms with Gasteiger partial charge in [-0.25, -0.2) is 28.3 Å². The van der Waals surface area contributed by atoms with Gasteiger partial charge >= 0.3 is 11.9 Å². The maximum absolute atomic E-state index is 13.5. The Hall–Kier alpha value is -7.82. The zero-order chi connectivity index (χ0) is 55.0. The van der Waals surface area contributed by atoms with Gasteiger partial charge in [-0.3, -0.25) is 0 Å². The average Bonchev–Trinajstić information content (AvgIpc) is 4.01. The SMILES string of the molecule is COc1cccc(CCN2CCC(Cc3nc4ccc(OC)cc4n3Cc3ccc(F)cc3)CC2)c1.COc1cccc(CCN2CCC(Cc3nc4ccc(OC)cc4n3Cc3ccc(F)cc3)CC2)c1.O=C(O)C(=O)O. The minimum absolute atomic E-state index is 0.214. The molecule has 0 saturated carbocycles. The Bertz CT molecular complexity index is 3000. The highest BCUT2D eigenvalue weighted by molar-refractivity contribution is 6.27. The minimum atomic E-state index is -1.82. The minimum Gasteiger partial charge on any atom is -0.497 e. The van der Waals surface area contributed by atoms with E-state index < -0.39 is 11.9 Å². The molecule has 410 valence electrons. The Kier molecular flexibility index (Phi) is 19.9. The number of methoxy groups -OCH3 is 4. The van der Waals surface area contributed by atoms with Crippen LogP contribution < -0.4 is 18.9 Å². The van der Waals surface area contributed by atoms with E-state index in [1.807, 2.05) is 60.7 Å². The molecule has 8 aromatic rings. The Morgan fingerprint density at radius 2 is 0.846 bits per heavy atom. The van der Waals surface area contributed by atoms with Crippen LogP contribution in [0.1, 0.15) is 59.6 Å². The molecule has 78 heavy (non-hydrogen) atoms. The Labute approximate surface area is 454 Å². The number of piperidine rings is 2. The number of aromatic nitrogens is 4. The number of likely N-dealkylation sites (tertiary alicyclic amines) is 2. The molecule has 2 N–H and O–H groups in total. The van der Waals surface area contributed by atoms with E-state index in [2.05, 4.69) is 67.5 Å². The summed E-state index contributed by atoms with van der Waals surface area (Å²) in [4.78, 5) is 33.4. The molecule has 6 aromatic carbocycles. The number of carboxylic acids is 2. The lowest BCUT2D eigenvalue weighted by atomic mass is 9.93. The summed E-state index contributed by atoms with van der Waals surface area (Å²) < 4.78 is 53.2. The first-order valence-electron chi connectivity index (χ1n) is 26.6. The smallest absolute Gasteiger partial charge is 0.414 e. The van der Waals surface area contributed by atoms with E-state index >= 15 is 0 Å². The van der Waals surface area contributed by atoms with Gasteiger partial charge in [0.15, 0.2) is 0 Å². The predicted octanol–water partition coefficient (Wildman–Crippen LogP) is 10.6. The molecule has 0 unspecified atom stereocenters. The van der Waals surface area contributed by atoms with E-state index in [1.54, 1.807) is 28.4 Å². The largest absolute Gasteiger partial charge is 0.497 e. The molecule has 0 aliphatic carbocycles. The van der Waals surface area contributed by atoms with Crippen molar-refractivity contribution in [2.75, 3.05) is 67.7 Å². The second-order valence-electron chi connectivity index (χ2n) is 20.0. The third-order valence-electron chi connectivity index (χ3n) is 14.8. The topological polar surface area (TPSA) is 154 Å². The first-order valence-corrected chi connectivity index (χ1v) is 26.6. The molecule has 0 bridgehead atoms. The molecule has 2 saturated heterocycles. The molecular formula is C62H70F2N6O8. The van der Waals surface area contributed by atoms with Crippen LogP contribution in [0.5, 0.6) is 23.0 Å². The summed E-state index contributed by atoms with van der Waals surface area (Å²) in [6.07, 6.45) is 8.64. The fourth-order valence-electron chi connectivity index (χ4n) is 10.3. The molecule has 4 heterocycles. The van der Waals surface area contributed by atoms with Gasteiger partial charge in [-0.15, -0.1) is 0 Å². The van der Waals surface area contributed by atoms with Crippen molar-refractivity contribution in [2.24, 2.45) is 11.8 Å². The number of aliphatic carboxylic acids is 2. The lowest BCUT2D eigenvalue weighted by Gasteiger charge is -2.32. The van der Waals surface area contributed by atoms with Gasteiger partial charge in [0.05, 0.1) is 50.5 Å². The van der Waals surface area contributed by atoms with Crippen LogP contribution in [-0.4, -0.2) is 119 Å². The number of hydrogen-bond acceptors (Lipinski definition) is 10. The summed E-state index contributed by atoms with van der Waals surface area (Å²) >= 11 is 0. The first-order chi connectivity index (χ1) is 37.9. The van der Waals surface area contributed by atoms with Gasteiger partial charge in [0.2, 0.25) is 0 Å². The zero-order valence-electron chi connectivity index (χ0n) is 45.0. The van der Waals surface area contributed by atoms with Crippen molar-refractivity contribution >= 4 is 34.0 Å². The molecule has 14 nitrogen and oxygen atoms in total. The van der Waals surface area contributed by atoms with E-state index in [0.29, 0.717) is 24.9 Å². The molecule has 2 aliphatic heterocycles. The van der Waals surface area contributed by atoms with Crippen molar-refractivity contribution in [1.82, 2.24) is 28.9 Å². The lowest BCUT2D eigenvalue weighted by molar-refractivity contribution is -0.159. The highest BCUT2D eigenvalue weighted by Gasteiger charge is 2.25. The van der Waals surface area contributed by atoms with Crippen molar-refractivity contribution in [2.45, 2.75) is 64.5 Å². The maximum atomic E-state index is 13.5. The molecule has 2 aromatic heterocycles. The number of nitrogens with zero attached hydrogens (tertiary/aromatic N) is 6. The number of carboxylic acid groups (broad SMARTS) is 2. The molecular weight excluding hydrogens is 995 g/mol. The summed E-state index contributed by atoms with van der Waals surface area (Å²) in [5.74, 6) is 2.80. The van der Waals surface area contributed by atoms with Gasteiger partial charge < -0.3 is 48.1 Å². The fourth-order valence-corrected chi connectivity index (χ4v) is 10.3. The third-order valence-corrected chi connectivity index (χ3v) is 14.8. The van der Waals surface area contributed by atoms with Crippen LogP contribution in [0.2, 0.25) is 0 Å². The Morgan fingerprint density at radius 3 is 1.19 bits per heavy atom. The van der Waals surface area contributed by atoms with Crippen LogP contribution in [0.25, 0.3) is 22.1 Å². The summed E-state index contributed by atoms with van der Waals surface area (Å²) in [5.41, 5.74) is 8.84. The van der Waals surface area contributed by atoms with Gasteiger partial charge in [0, 0.05) is 51.2 Å². The number of imidazole rings is 2. The fraction of sp³-hybridized carbons (Fsp3) is 0.355. The van der Waals surface area contributed by atoms with Crippen LogP contribution in [0.4, 0.5) is 8.78 Å². The van der Waals surface area contributed by atoms with E-state index in [-0.39, 0.29) is 11.6 Å². The van der Waals surface area contributed by atoms with Gasteiger partial charge in [0.25, 0.3) is 0 Å². The number of rotatable bonds is 18. The number of carbonyl (C=O) groups is 2. The quantitative estimate of drug-likeness (QED) is 0.0787. The first kappa shape index (κ1) is 56.4. The van der Waals surface area contributed by atoms with Gasteiger partial charge in [0.1, 0.15) is 46.3 Å². The number of halogens is 2. The average molecular weight is 1070 g/mol. The highest BCUT2D eigenvalue weighted by Crippen LogP contribution is 2.30. The van der Waals surface area contributed by atoms with Crippen molar-refractivity contribution in [3.63, 3.8) is 0 Å². The molecule has 0 amide bonds. The molecule has 0 radical (unpaired) electrons. The Balaban J connectivity index is 0.000000186. The molecule has 16 heteroatoms. The van der Waals surface area contributed by atoms with Crippen LogP contribution in [0.15, 0.2) is 133 Å². The summed E-state index contributed by atoms with van der Waals surface area (Å²) in [7, 11) is 6.80. The van der Waals surface area contributed by atoms with Gasteiger partial charge in [-0.1, -0.05) is 48.5 Å². The second-order valence-corrected chi connectivity index (χ2v) is 20.0. The predicted molar refractivity (Wildman–Crippen MR) is 298 cm³/mol. The number of benzene rings is 6. The number of ether oxygens (including phenoxy) is 4. The van der Waals surface area contributed by atoms with E-state index in [0.717, 1.165) is 133 Å². The van der Waals surface area contributed by atoms with E-state index in [1.165, 1.54) is 61.1 Å². The van der Waals surface area contributed by atoms with Crippen LogP contribution in [0, 0.1) is 23.5 Å². The lowest BCUT2D eigenvalue weighted by Crippen LogP contribution is -2.36. The molecule has 2 fully saturated rings. The Morgan fingerprint density at radius 1 is 0.487 bits per heavy atom. The van der Waals surface area contributed by atoms with Gasteiger partial charge in [-0.2, -0.15) is 0 Å². The standard InChI is InChI=1S/2C30H34FN3O2.C2H2O4/c2*1-35-26-5-3-4-22(18-26)12-15-33-16-13-23(14-17-33)19-30-32-28-11-10-27(36-2)20-29(28)34(30)21-24-6-8-25(31)9-7-24;3-1(4)2(5)6/h2*3-11,18,20,23H,12-17,19,21H2,1-2H3;(H,3,4)(H,5,6). The van der Waals surface area contributed by atoms with E-state index in [9.17, 15) is 8.78 Å². The summed E-state index contributed by atoms with van der Waals surface area (Å²) in [6, 6.07) is 42.3. The highest BCUT2D eigenvalue weighted by atomic mass is 19.1. The normalized spacial score (nSPS) is 14.3. The van der Waals surface area contributed by atoms with Crippen molar-refractivity contribution in [3.8, 4) is 23.0 Å². The number of hydrogen-bond donors (Lipinski definition) is 2. The van der Waals surface area contributed by atoms with Crippen LogP contribution in [-0.2, 0) is 48.4 Å². The van der Waals surface area contributed by atoms with Crippen molar-refractivity contribution in [3.05, 3.63) is 179 Å².